The molecule has 150 valence electrons. The smallest absolute Gasteiger partial charge is 0.345 e. The summed E-state index contributed by atoms with van der Waals surface area (Å²) in [6.45, 7) is 0. The number of carbonyl (C=O) groups is 1. The molecule has 0 aliphatic heterocycles. The lowest BCUT2D eigenvalue weighted by Crippen LogP contribution is -2.16. The van der Waals surface area contributed by atoms with Crippen molar-refractivity contribution >= 4 is 83.9 Å². The molecule has 0 unspecified atom stereocenters. The fourth-order valence-corrected chi connectivity index (χ4v) is 6.44. The molecule has 28 heavy (non-hydrogen) atoms. The molecule has 2 aromatic carbocycles. The second kappa shape index (κ2) is 9.43. The van der Waals surface area contributed by atoms with Crippen LogP contribution in [-0.2, 0) is 23.0 Å². The normalized spacial score (nSPS) is 14.7. The number of esters is 1. The highest BCUT2D eigenvalue weighted by Crippen LogP contribution is 2.34. The van der Waals surface area contributed by atoms with Crippen molar-refractivity contribution in [3.63, 3.8) is 0 Å². The van der Waals surface area contributed by atoms with Gasteiger partial charge in [-0.05, 0) is 129 Å². The molecule has 0 bridgehead atoms. The molecule has 0 amide bonds. The first-order chi connectivity index (χ1) is 13.2. The molecule has 0 aromatic heterocycles. The Labute approximate surface area is 205 Å². The third-order valence-corrected chi connectivity index (χ3v) is 9.54. The van der Waals surface area contributed by atoms with Crippen molar-refractivity contribution in [3.8, 4) is 5.75 Å². The maximum atomic E-state index is 12.9. The minimum atomic E-state index is -4.58. The Morgan fingerprint density at radius 3 is 2.14 bits per heavy atom. The van der Waals surface area contributed by atoms with Crippen molar-refractivity contribution in [2.75, 3.05) is 0 Å². The molecule has 0 fully saturated rings. The summed E-state index contributed by atoms with van der Waals surface area (Å²) in [6, 6.07) is 6.51. The maximum absolute atomic E-state index is 12.9. The third kappa shape index (κ3) is 5.01. The lowest BCUT2D eigenvalue weighted by molar-refractivity contribution is 0.0730. The lowest BCUT2D eigenvalue weighted by atomic mass is 9.92. The van der Waals surface area contributed by atoms with Gasteiger partial charge in [-0.15, -0.1) is 0 Å². The van der Waals surface area contributed by atoms with Crippen LogP contribution >= 0.6 is 67.8 Å². The van der Waals surface area contributed by atoms with E-state index in [2.05, 4.69) is 67.8 Å². The van der Waals surface area contributed by atoms with Gasteiger partial charge in [-0.25, -0.2) is 13.2 Å². The van der Waals surface area contributed by atoms with E-state index < -0.39 is 16.1 Å². The van der Waals surface area contributed by atoms with Crippen LogP contribution in [0.25, 0.3) is 0 Å². The summed E-state index contributed by atoms with van der Waals surface area (Å²) in [6.07, 6.45) is 4.75. The molecule has 0 heterocycles. The number of hydrogen-bond acceptors (Lipinski definition) is 5. The molecule has 3 rings (SSSR count). The summed E-state index contributed by atoms with van der Waals surface area (Å²) >= 11 is 6.39. The first-order valence-corrected chi connectivity index (χ1v) is 13.3. The predicted molar refractivity (Wildman–Crippen MR) is 130 cm³/mol. The average Bonchev–Trinajstić information content (AvgIpc) is 2.58. The zero-order chi connectivity index (χ0) is 20.5. The molecule has 0 N–H and O–H groups in total. The highest BCUT2D eigenvalue weighted by molar-refractivity contribution is 14.1. The van der Waals surface area contributed by atoms with Crippen LogP contribution in [0.4, 0.5) is 0 Å². The van der Waals surface area contributed by atoms with Gasteiger partial charge >= 0.3 is 5.97 Å². The molecule has 1 aliphatic rings. The van der Waals surface area contributed by atoms with Crippen LogP contribution in [0.5, 0.6) is 5.75 Å². The number of halogens is 3. The standard InChI is InChI=1S/C19H17I3O5S/c20-13-7-8-14(21)18(22)17(13)19(23)27-15-9-10-16(28(24,25)26)12-6-4-2-1-3-5-11(12)15/h7-10H,1-6H2,(H,24,25,26)/p-1. The van der Waals surface area contributed by atoms with Crippen molar-refractivity contribution in [1.82, 2.24) is 0 Å². The number of benzene rings is 2. The van der Waals surface area contributed by atoms with Crippen molar-refractivity contribution < 1.29 is 22.5 Å². The van der Waals surface area contributed by atoms with Gasteiger partial charge in [0.05, 0.1) is 10.5 Å². The summed E-state index contributed by atoms with van der Waals surface area (Å²) in [5.74, 6) is -0.130. The fourth-order valence-electron chi connectivity index (χ4n) is 3.35. The summed E-state index contributed by atoms with van der Waals surface area (Å²) in [5, 5.41) is 0. The van der Waals surface area contributed by atoms with Crippen LogP contribution in [-0.4, -0.2) is 18.9 Å². The highest BCUT2D eigenvalue weighted by Gasteiger charge is 2.23. The van der Waals surface area contributed by atoms with E-state index in [0.717, 1.165) is 36.4 Å². The highest BCUT2D eigenvalue weighted by atomic mass is 127. The van der Waals surface area contributed by atoms with E-state index in [4.69, 9.17) is 4.74 Å². The summed E-state index contributed by atoms with van der Waals surface area (Å²) in [7, 11) is -4.58. The van der Waals surface area contributed by atoms with Crippen molar-refractivity contribution in [3.05, 3.63) is 51.7 Å². The molecule has 0 spiro atoms. The first-order valence-electron chi connectivity index (χ1n) is 8.66. The van der Waals surface area contributed by atoms with Crippen LogP contribution in [0.2, 0.25) is 0 Å². The quantitative estimate of drug-likeness (QED) is 0.141. The van der Waals surface area contributed by atoms with Gasteiger partial charge in [0.1, 0.15) is 15.9 Å². The molecular formula is C19H16I3O5S-. The van der Waals surface area contributed by atoms with E-state index in [1.165, 1.54) is 12.1 Å². The Hall–Kier alpha value is 0.0100. The van der Waals surface area contributed by atoms with Crippen molar-refractivity contribution in [2.45, 2.75) is 43.4 Å². The molecule has 0 saturated carbocycles. The molecule has 9 heteroatoms. The molecule has 5 nitrogen and oxygen atoms in total. The largest absolute Gasteiger partial charge is 0.744 e. The van der Waals surface area contributed by atoms with E-state index in [1.54, 1.807) is 0 Å². The Kier molecular flexibility index (Phi) is 7.64. The molecule has 2 aromatic rings. The number of carbonyl (C=O) groups excluding carboxylic acids is 1. The molecule has 1 aliphatic carbocycles. The van der Waals surface area contributed by atoms with Gasteiger partial charge < -0.3 is 9.29 Å². The Balaban J connectivity index is 2.07. The van der Waals surface area contributed by atoms with Gasteiger partial charge in [-0.2, -0.15) is 0 Å². The molecule has 0 atom stereocenters. The monoisotopic (exact) mass is 737 g/mol. The van der Waals surface area contributed by atoms with Crippen LogP contribution in [0.1, 0.15) is 47.2 Å². The Morgan fingerprint density at radius 2 is 1.50 bits per heavy atom. The van der Waals surface area contributed by atoms with Gasteiger partial charge in [-0.3, -0.25) is 0 Å². The van der Waals surface area contributed by atoms with E-state index in [1.807, 2.05) is 12.1 Å². The molecule has 0 radical (unpaired) electrons. The van der Waals surface area contributed by atoms with Crippen LogP contribution in [0, 0.1) is 10.7 Å². The van der Waals surface area contributed by atoms with E-state index in [0.29, 0.717) is 35.3 Å². The fraction of sp³-hybridized carbons (Fsp3) is 0.316. The second-order valence-electron chi connectivity index (χ2n) is 6.49. The van der Waals surface area contributed by atoms with Crippen LogP contribution in [0.3, 0.4) is 0 Å². The van der Waals surface area contributed by atoms with Crippen molar-refractivity contribution in [2.24, 2.45) is 0 Å². The Bertz CT molecular complexity index is 1030. The minimum Gasteiger partial charge on any atom is -0.744 e. The Morgan fingerprint density at radius 1 is 0.893 bits per heavy atom. The summed E-state index contributed by atoms with van der Waals surface area (Å²) < 4.78 is 43.4. The van der Waals surface area contributed by atoms with E-state index in [9.17, 15) is 17.8 Å². The number of hydrogen-bond donors (Lipinski definition) is 0. The topological polar surface area (TPSA) is 83.5 Å². The number of ether oxygens (including phenoxy) is 1. The zero-order valence-electron chi connectivity index (χ0n) is 14.6. The van der Waals surface area contributed by atoms with E-state index >= 15 is 0 Å². The lowest BCUT2D eigenvalue weighted by Gasteiger charge is -2.22. The SMILES string of the molecule is O=C(Oc1ccc(S(=O)(=O)[O-])c2c1CCCCCC2)c1c(I)ccc(I)c1I. The third-order valence-electron chi connectivity index (χ3n) is 4.67. The van der Waals surface area contributed by atoms with Gasteiger partial charge in [0, 0.05) is 10.7 Å². The first kappa shape index (κ1) is 22.7. The van der Waals surface area contributed by atoms with Gasteiger partial charge in [0.15, 0.2) is 0 Å². The van der Waals surface area contributed by atoms with Gasteiger partial charge in [0.25, 0.3) is 0 Å². The number of rotatable bonds is 3. The van der Waals surface area contributed by atoms with Gasteiger partial charge in [0.2, 0.25) is 0 Å². The van der Waals surface area contributed by atoms with Crippen molar-refractivity contribution in [1.29, 1.82) is 0 Å². The van der Waals surface area contributed by atoms with Crippen LogP contribution in [0.15, 0.2) is 29.2 Å². The van der Waals surface area contributed by atoms with Gasteiger partial charge in [-0.1, -0.05) is 12.8 Å². The van der Waals surface area contributed by atoms with E-state index in [-0.39, 0.29) is 4.90 Å². The van der Waals surface area contributed by atoms with Crippen LogP contribution < -0.4 is 4.74 Å². The summed E-state index contributed by atoms with van der Waals surface area (Å²) in [5.41, 5.74) is 1.67. The summed E-state index contributed by atoms with van der Waals surface area (Å²) in [4.78, 5) is 12.7. The zero-order valence-corrected chi connectivity index (χ0v) is 21.9. The second-order valence-corrected chi connectivity index (χ2v) is 11.2. The molecule has 0 saturated heterocycles. The average molecular weight is 737 g/mol. The maximum Gasteiger partial charge on any atom is 0.345 e. The minimum absolute atomic E-state index is 0.192. The number of fused-ring (bicyclic) bond motifs is 1. The molecular weight excluding hydrogens is 721 g/mol. The predicted octanol–water partition coefficient (Wildman–Crippen LogP) is 5.28.